The first kappa shape index (κ1) is 12.3. The van der Waals surface area contributed by atoms with Crippen LogP contribution >= 0.6 is 11.3 Å². The summed E-state index contributed by atoms with van der Waals surface area (Å²) in [5, 5.41) is 2.98. The van der Waals surface area contributed by atoms with Crippen molar-refractivity contribution < 1.29 is 4.79 Å². The predicted octanol–water partition coefficient (Wildman–Crippen LogP) is 2.28. The van der Waals surface area contributed by atoms with E-state index in [0.29, 0.717) is 0 Å². The molecule has 1 atom stereocenters. The van der Waals surface area contributed by atoms with Gasteiger partial charge in [-0.3, -0.25) is 9.69 Å². The zero-order chi connectivity index (χ0) is 11.6. The van der Waals surface area contributed by atoms with Gasteiger partial charge in [-0.15, -0.1) is 11.3 Å². The molecule has 1 aromatic rings. The molecule has 0 bridgehead atoms. The minimum absolute atomic E-state index is 0.0411. The van der Waals surface area contributed by atoms with Gasteiger partial charge < -0.3 is 0 Å². The molecule has 0 saturated heterocycles. The third-order valence-electron chi connectivity index (χ3n) is 2.27. The second-order valence-corrected chi connectivity index (χ2v) is 5.28. The third kappa shape index (κ3) is 2.86. The zero-order valence-electron chi connectivity index (χ0n) is 9.94. The monoisotopic (exact) mass is 226 g/mol. The van der Waals surface area contributed by atoms with Crippen molar-refractivity contribution in [3.63, 3.8) is 0 Å². The molecular formula is C11H18N2OS. The third-order valence-corrected chi connectivity index (χ3v) is 3.06. The van der Waals surface area contributed by atoms with Crippen molar-refractivity contribution in [1.29, 1.82) is 0 Å². The smallest absolute Gasteiger partial charge is 0.158 e. The van der Waals surface area contributed by atoms with E-state index >= 15 is 0 Å². The summed E-state index contributed by atoms with van der Waals surface area (Å²) in [5.74, 6) is 0.268. The molecule has 1 aromatic heterocycles. The zero-order valence-corrected chi connectivity index (χ0v) is 10.8. The van der Waals surface area contributed by atoms with E-state index in [4.69, 9.17) is 0 Å². The Hall–Kier alpha value is -0.740. The van der Waals surface area contributed by atoms with Crippen LogP contribution < -0.4 is 0 Å². The standard InChI is InChI=1S/C11H18N2OS/c1-7(2)11(14)10(13(4)5)9-6-15-8(3)12-9/h6-7,10H,1-5H3. The number of carbonyl (C=O) groups is 1. The van der Waals surface area contributed by atoms with Gasteiger partial charge in [0, 0.05) is 11.3 Å². The van der Waals surface area contributed by atoms with Gasteiger partial charge in [0.1, 0.15) is 6.04 Å². The van der Waals surface area contributed by atoms with Gasteiger partial charge in [-0.1, -0.05) is 13.8 Å². The molecule has 0 aliphatic carbocycles. The van der Waals surface area contributed by atoms with Crippen LogP contribution in [0.2, 0.25) is 0 Å². The Morgan fingerprint density at radius 2 is 2.07 bits per heavy atom. The fourth-order valence-electron chi connectivity index (χ4n) is 1.49. The molecule has 0 aliphatic heterocycles. The molecule has 0 amide bonds. The van der Waals surface area contributed by atoms with E-state index in [-0.39, 0.29) is 17.7 Å². The van der Waals surface area contributed by atoms with Crippen LogP contribution in [0.4, 0.5) is 0 Å². The van der Waals surface area contributed by atoms with E-state index in [1.54, 1.807) is 11.3 Å². The molecule has 1 unspecified atom stereocenters. The van der Waals surface area contributed by atoms with Crippen molar-refractivity contribution in [2.75, 3.05) is 14.1 Å². The number of rotatable bonds is 4. The molecule has 84 valence electrons. The second kappa shape index (κ2) is 4.86. The van der Waals surface area contributed by atoms with Gasteiger partial charge in [0.15, 0.2) is 5.78 Å². The van der Waals surface area contributed by atoms with Gasteiger partial charge in [-0.25, -0.2) is 4.98 Å². The average molecular weight is 226 g/mol. The quantitative estimate of drug-likeness (QED) is 0.789. The molecule has 0 radical (unpaired) electrons. The number of thiazole rings is 1. The van der Waals surface area contributed by atoms with E-state index in [1.165, 1.54) is 0 Å². The van der Waals surface area contributed by atoms with E-state index in [1.807, 2.05) is 45.1 Å². The van der Waals surface area contributed by atoms with Crippen molar-refractivity contribution in [1.82, 2.24) is 9.88 Å². The number of Topliss-reactive ketones (excluding diaryl/α,β-unsaturated/α-hetero) is 1. The summed E-state index contributed by atoms with van der Waals surface area (Å²) < 4.78 is 0. The molecule has 1 rings (SSSR count). The lowest BCUT2D eigenvalue weighted by molar-refractivity contribution is -0.126. The van der Waals surface area contributed by atoms with Crippen molar-refractivity contribution in [3.05, 3.63) is 16.1 Å². The lowest BCUT2D eigenvalue weighted by atomic mass is 9.99. The fourth-order valence-corrected chi connectivity index (χ4v) is 2.12. The highest BCUT2D eigenvalue weighted by Crippen LogP contribution is 2.23. The number of aromatic nitrogens is 1. The number of hydrogen-bond acceptors (Lipinski definition) is 4. The Morgan fingerprint density at radius 3 is 2.40 bits per heavy atom. The maximum atomic E-state index is 12.0. The lowest BCUT2D eigenvalue weighted by Gasteiger charge is -2.22. The van der Waals surface area contributed by atoms with Crippen LogP contribution in [0.15, 0.2) is 5.38 Å². The number of carbonyl (C=O) groups excluding carboxylic acids is 1. The minimum atomic E-state index is -0.199. The summed E-state index contributed by atoms with van der Waals surface area (Å²) in [6.07, 6.45) is 0. The van der Waals surface area contributed by atoms with E-state index < -0.39 is 0 Å². The predicted molar refractivity (Wildman–Crippen MR) is 63.1 cm³/mol. The van der Waals surface area contributed by atoms with Gasteiger partial charge in [-0.05, 0) is 21.0 Å². The summed E-state index contributed by atoms with van der Waals surface area (Å²) in [5.41, 5.74) is 0.876. The first-order valence-corrected chi connectivity index (χ1v) is 5.93. The number of likely N-dealkylation sites (N-methyl/N-ethyl adjacent to an activating group) is 1. The maximum Gasteiger partial charge on any atom is 0.158 e. The van der Waals surface area contributed by atoms with Crippen molar-refractivity contribution >= 4 is 17.1 Å². The molecule has 0 saturated carbocycles. The summed E-state index contributed by atoms with van der Waals surface area (Å²) >= 11 is 1.59. The van der Waals surface area contributed by atoms with Gasteiger partial charge in [0.25, 0.3) is 0 Å². The summed E-state index contributed by atoms with van der Waals surface area (Å²) in [7, 11) is 3.83. The molecule has 1 heterocycles. The van der Waals surface area contributed by atoms with E-state index in [9.17, 15) is 4.79 Å². The van der Waals surface area contributed by atoms with Crippen LogP contribution in [0.1, 0.15) is 30.6 Å². The summed E-state index contributed by atoms with van der Waals surface area (Å²) in [4.78, 5) is 18.3. The largest absolute Gasteiger partial charge is 0.297 e. The van der Waals surface area contributed by atoms with Crippen molar-refractivity contribution in [2.24, 2.45) is 5.92 Å². The molecule has 0 aromatic carbocycles. The van der Waals surface area contributed by atoms with Crippen LogP contribution in [0.5, 0.6) is 0 Å². The van der Waals surface area contributed by atoms with Crippen LogP contribution in [-0.2, 0) is 4.79 Å². The number of aryl methyl sites for hydroxylation is 1. The van der Waals surface area contributed by atoms with Crippen molar-refractivity contribution in [3.8, 4) is 0 Å². The molecule has 0 aliphatic rings. The fraction of sp³-hybridized carbons (Fsp3) is 0.636. The Labute approximate surface area is 95.1 Å². The summed E-state index contributed by atoms with van der Waals surface area (Å²) in [6.45, 7) is 5.82. The number of nitrogens with zero attached hydrogens (tertiary/aromatic N) is 2. The van der Waals surface area contributed by atoms with Gasteiger partial charge in [-0.2, -0.15) is 0 Å². The molecule has 4 heteroatoms. The molecule has 0 fully saturated rings. The van der Waals surface area contributed by atoms with Gasteiger partial charge in [0.2, 0.25) is 0 Å². The van der Waals surface area contributed by atoms with Crippen LogP contribution in [0.25, 0.3) is 0 Å². The highest BCUT2D eigenvalue weighted by atomic mass is 32.1. The highest BCUT2D eigenvalue weighted by molar-refractivity contribution is 7.09. The Balaban J connectivity index is 2.98. The van der Waals surface area contributed by atoms with Crippen LogP contribution in [0, 0.1) is 12.8 Å². The van der Waals surface area contributed by atoms with Crippen molar-refractivity contribution in [2.45, 2.75) is 26.8 Å². The van der Waals surface area contributed by atoms with Crippen LogP contribution in [0.3, 0.4) is 0 Å². The molecule has 0 N–H and O–H groups in total. The van der Waals surface area contributed by atoms with Crippen LogP contribution in [-0.4, -0.2) is 29.8 Å². The highest BCUT2D eigenvalue weighted by Gasteiger charge is 2.26. The second-order valence-electron chi connectivity index (χ2n) is 4.21. The van der Waals surface area contributed by atoms with Gasteiger partial charge in [0.05, 0.1) is 10.7 Å². The topological polar surface area (TPSA) is 33.2 Å². The Morgan fingerprint density at radius 1 is 1.47 bits per heavy atom. The normalized spacial score (nSPS) is 13.5. The maximum absolute atomic E-state index is 12.0. The Kier molecular flexibility index (Phi) is 3.99. The first-order chi connectivity index (χ1) is 6.93. The van der Waals surface area contributed by atoms with E-state index in [2.05, 4.69) is 4.98 Å². The average Bonchev–Trinajstić information content (AvgIpc) is 2.51. The molecule has 15 heavy (non-hydrogen) atoms. The number of hydrogen-bond donors (Lipinski definition) is 0. The number of ketones is 1. The molecule has 3 nitrogen and oxygen atoms in total. The molecule has 0 spiro atoms. The first-order valence-electron chi connectivity index (χ1n) is 5.05. The van der Waals surface area contributed by atoms with E-state index in [0.717, 1.165) is 10.7 Å². The lowest BCUT2D eigenvalue weighted by Crippen LogP contribution is -2.30. The summed E-state index contributed by atoms with van der Waals surface area (Å²) in [6, 6.07) is -0.199. The van der Waals surface area contributed by atoms with Gasteiger partial charge >= 0.3 is 0 Å². The Bertz CT molecular complexity index is 344. The molecular weight excluding hydrogens is 208 g/mol. The SMILES string of the molecule is Cc1nc(C(C(=O)C(C)C)N(C)C)cs1. The minimum Gasteiger partial charge on any atom is -0.297 e.